The Bertz CT molecular complexity index is 1060. The largest absolute Gasteiger partial charge is 0.494 e. The summed E-state index contributed by atoms with van der Waals surface area (Å²) in [5, 5.41) is 11.3. The molecule has 1 aromatic heterocycles. The topological polar surface area (TPSA) is 81.1 Å². The molecule has 4 rings (SSSR count). The summed E-state index contributed by atoms with van der Waals surface area (Å²) >= 11 is 1.32. The third-order valence-corrected chi connectivity index (χ3v) is 6.13. The van der Waals surface area contributed by atoms with Crippen LogP contribution >= 0.6 is 11.8 Å². The fraction of sp³-hybridized carbons (Fsp3) is 0.318. The van der Waals surface area contributed by atoms with Crippen LogP contribution in [0.25, 0.3) is 0 Å². The second-order valence-corrected chi connectivity index (χ2v) is 8.21. The van der Waals surface area contributed by atoms with Crippen LogP contribution in [-0.2, 0) is 11.2 Å². The standard InChI is InChI=1S/C22H24FN5O2S/c1-3-7-18-25-26-22-28(18)27-19(14-10-12-15(13-11-14)30-4-2)20(31-22)21(29)24-17-9-6-5-8-16(17)23/h5-6,8-13,19-20,27H,3-4,7H2,1-2H3,(H,24,29). The Morgan fingerprint density at radius 3 is 2.68 bits per heavy atom. The maximum absolute atomic E-state index is 14.1. The Morgan fingerprint density at radius 1 is 1.19 bits per heavy atom. The summed E-state index contributed by atoms with van der Waals surface area (Å²) in [6.07, 6.45) is 1.69. The molecule has 2 heterocycles. The molecule has 1 aliphatic heterocycles. The third-order valence-electron chi connectivity index (χ3n) is 4.92. The molecule has 0 saturated heterocycles. The molecule has 0 fully saturated rings. The number of thioether (sulfide) groups is 1. The Hall–Kier alpha value is -3.07. The van der Waals surface area contributed by atoms with Crippen molar-refractivity contribution in [1.29, 1.82) is 0 Å². The number of hydrogen-bond acceptors (Lipinski definition) is 6. The lowest BCUT2D eigenvalue weighted by Crippen LogP contribution is -2.41. The number of fused-ring (bicyclic) bond motifs is 1. The second kappa shape index (κ2) is 9.38. The van der Waals surface area contributed by atoms with E-state index in [-0.39, 0.29) is 17.6 Å². The highest BCUT2D eigenvalue weighted by Gasteiger charge is 2.38. The molecular formula is C22H24FN5O2S. The van der Waals surface area contributed by atoms with Gasteiger partial charge in [0.25, 0.3) is 0 Å². The minimum atomic E-state index is -0.580. The number of amides is 1. The number of carbonyl (C=O) groups excluding carboxylic acids is 1. The minimum absolute atomic E-state index is 0.150. The summed E-state index contributed by atoms with van der Waals surface area (Å²) in [4.78, 5) is 13.2. The quantitative estimate of drug-likeness (QED) is 0.573. The number of nitrogens with one attached hydrogen (secondary N) is 2. The van der Waals surface area contributed by atoms with Gasteiger partial charge in [-0.2, -0.15) is 0 Å². The van der Waals surface area contributed by atoms with Crippen molar-refractivity contribution in [2.75, 3.05) is 17.3 Å². The van der Waals surface area contributed by atoms with Crippen molar-refractivity contribution < 1.29 is 13.9 Å². The zero-order chi connectivity index (χ0) is 21.8. The van der Waals surface area contributed by atoms with Gasteiger partial charge in [-0.3, -0.25) is 4.79 Å². The number of halogens is 1. The number of aryl methyl sites for hydroxylation is 1. The number of carbonyl (C=O) groups is 1. The van der Waals surface area contributed by atoms with Gasteiger partial charge in [-0.05, 0) is 43.2 Å². The molecule has 1 amide bonds. The first-order valence-corrected chi connectivity index (χ1v) is 11.1. The normalized spacial score (nSPS) is 17.5. The highest BCUT2D eigenvalue weighted by atomic mass is 32.2. The predicted molar refractivity (Wildman–Crippen MR) is 118 cm³/mol. The highest BCUT2D eigenvalue weighted by molar-refractivity contribution is 8.00. The number of rotatable bonds is 7. The van der Waals surface area contributed by atoms with Gasteiger partial charge in [-0.15, -0.1) is 10.2 Å². The van der Waals surface area contributed by atoms with Crippen LogP contribution in [0, 0.1) is 5.82 Å². The van der Waals surface area contributed by atoms with Crippen LogP contribution in [0.1, 0.15) is 37.7 Å². The van der Waals surface area contributed by atoms with E-state index >= 15 is 0 Å². The highest BCUT2D eigenvalue weighted by Crippen LogP contribution is 2.38. The predicted octanol–water partition coefficient (Wildman–Crippen LogP) is 4.17. The Morgan fingerprint density at radius 2 is 1.97 bits per heavy atom. The number of ether oxygens (including phenoxy) is 1. The van der Waals surface area contributed by atoms with Crippen molar-refractivity contribution in [3.05, 3.63) is 65.7 Å². The van der Waals surface area contributed by atoms with Crippen LogP contribution < -0.4 is 15.5 Å². The van der Waals surface area contributed by atoms with Gasteiger partial charge in [-0.1, -0.05) is 43.0 Å². The van der Waals surface area contributed by atoms with Crippen molar-refractivity contribution >= 4 is 23.4 Å². The Labute approximate surface area is 184 Å². The van der Waals surface area contributed by atoms with Gasteiger partial charge >= 0.3 is 0 Å². The van der Waals surface area contributed by atoms with Crippen molar-refractivity contribution in [3.63, 3.8) is 0 Å². The zero-order valence-electron chi connectivity index (χ0n) is 17.3. The third kappa shape index (κ3) is 4.51. The van der Waals surface area contributed by atoms with Crippen LogP contribution in [0.15, 0.2) is 53.7 Å². The summed E-state index contributed by atoms with van der Waals surface area (Å²) in [5.74, 6) is 0.788. The molecule has 0 saturated carbocycles. The molecule has 2 unspecified atom stereocenters. The fourth-order valence-electron chi connectivity index (χ4n) is 3.44. The van der Waals surface area contributed by atoms with E-state index in [1.807, 2.05) is 35.9 Å². The van der Waals surface area contributed by atoms with Gasteiger partial charge in [0.15, 0.2) is 5.82 Å². The van der Waals surface area contributed by atoms with E-state index in [2.05, 4.69) is 27.9 Å². The molecular weight excluding hydrogens is 417 g/mol. The van der Waals surface area contributed by atoms with E-state index in [9.17, 15) is 9.18 Å². The van der Waals surface area contributed by atoms with E-state index in [0.717, 1.165) is 30.0 Å². The maximum Gasteiger partial charge on any atom is 0.240 e. The van der Waals surface area contributed by atoms with Gasteiger partial charge in [0.05, 0.1) is 18.3 Å². The molecule has 0 radical (unpaired) electrons. The lowest BCUT2D eigenvalue weighted by molar-refractivity contribution is -0.116. The monoisotopic (exact) mass is 441 g/mol. The van der Waals surface area contributed by atoms with Crippen molar-refractivity contribution in [2.45, 2.75) is 43.1 Å². The number of nitrogens with zero attached hydrogens (tertiary/aromatic N) is 3. The molecule has 9 heteroatoms. The molecule has 2 aromatic carbocycles. The first-order valence-electron chi connectivity index (χ1n) is 10.3. The molecule has 0 aliphatic carbocycles. The van der Waals surface area contributed by atoms with Crippen LogP contribution in [0.4, 0.5) is 10.1 Å². The first kappa shape index (κ1) is 21.2. The summed E-state index contributed by atoms with van der Waals surface area (Å²) in [5.41, 5.74) is 4.46. The average molecular weight is 442 g/mol. The molecule has 31 heavy (non-hydrogen) atoms. The number of para-hydroxylation sites is 1. The van der Waals surface area contributed by atoms with Crippen LogP contribution in [0.2, 0.25) is 0 Å². The maximum atomic E-state index is 14.1. The van der Waals surface area contributed by atoms with Gasteiger partial charge in [0, 0.05) is 6.42 Å². The summed E-state index contributed by atoms with van der Waals surface area (Å²) < 4.78 is 21.5. The van der Waals surface area contributed by atoms with Crippen LogP contribution in [-0.4, -0.2) is 32.6 Å². The summed E-state index contributed by atoms with van der Waals surface area (Å²) in [7, 11) is 0. The molecule has 2 N–H and O–H groups in total. The average Bonchev–Trinajstić information content (AvgIpc) is 3.17. The van der Waals surface area contributed by atoms with Crippen molar-refractivity contribution in [1.82, 2.24) is 14.9 Å². The summed E-state index contributed by atoms with van der Waals surface area (Å²) in [6, 6.07) is 13.4. The van der Waals surface area contributed by atoms with Gasteiger partial charge in [0.2, 0.25) is 11.1 Å². The molecule has 1 aliphatic rings. The molecule has 7 nitrogen and oxygen atoms in total. The lowest BCUT2D eigenvalue weighted by atomic mass is 10.0. The van der Waals surface area contributed by atoms with E-state index in [0.29, 0.717) is 11.8 Å². The van der Waals surface area contributed by atoms with E-state index in [1.165, 1.54) is 17.8 Å². The van der Waals surface area contributed by atoms with Crippen LogP contribution in [0.3, 0.4) is 0 Å². The number of aromatic nitrogens is 3. The lowest BCUT2D eigenvalue weighted by Gasteiger charge is -2.33. The fourth-order valence-corrected chi connectivity index (χ4v) is 4.54. The van der Waals surface area contributed by atoms with Crippen molar-refractivity contribution in [3.8, 4) is 5.75 Å². The number of hydrogen-bond donors (Lipinski definition) is 2. The molecule has 2 atom stereocenters. The Balaban J connectivity index is 1.66. The SMILES string of the molecule is CCCc1nnc2n1NC(c1ccc(OCC)cc1)C(C(=O)Nc1ccccc1F)S2. The smallest absolute Gasteiger partial charge is 0.240 e. The van der Waals surface area contributed by atoms with Crippen molar-refractivity contribution in [2.24, 2.45) is 0 Å². The number of anilines is 1. The molecule has 0 bridgehead atoms. The van der Waals surface area contributed by atoms with Gasteiger partial charge in [0.1, 0.15) is 16.8 Å². The molecule has 0 spiro atoms. The van der Waals surface area contributed by atoms with E-state index in [1.54, 1.807) is 18.2 Å². The van der Waals surface area contributed by atoms with Crippen LogP contribution in [0.5, 0.6) is 5.75 Å². The van der Waals surface area contributed by atoms with E-state index < -0.39 is 11.1 Å². The Kier molecular flexibility index (Phi) is 6.41. The number of benzene rings is 2. The zero-order valence-corrected chi connectivity index (χ0v) is 18.2. The van der Waals surface area contributed by atoms with E-state index in [4.69, 9.17) is 4.74 Å². The first-order chi connectivity index (χ1) is 15.1. The molecule has 162 valence electrons. The molecule has 3 aromatic rings. The summed E-state index contributed by atoms with van der Waals surface area (Å²) in [6.45, 7) is 4.58. The van der Waals surface area contributed by atoms with Gasteiger partial charge in [-0.25, -0.2) is 9.07 Å². The minimum Gasteiger partial charge on any atom is -0.494 e. The second-order valence-electron chi connectivity index (χ2n) is 7.10. The van der Waals surface area contributed by atoms with Gasteiger partial charge < -0.3 is 15.5 Å².